The monoisotopic (exact) mass is 403 g/mol. The third-order valence-corrected chi connectivity index (χ3v) is 4.02. The number of aliphatic hydroxyl groups is 1. The van der Waals surface area contributed by atoms with E-state index in [9.17, 15) is 9.59 Å². The van der Waals surface area contributed by atoms with Gasteiger partial charge in [0.2, 0.25) is 0 Å². The van der Waals surface area contributed by atoms with E-state index in [-0.39, 0.29) is 10.6 Å². The molecule has 0 heterocycles. The minimum Gasteiger partial charge on any atom is -0.480 e. The van der Waals surface area contributed by atoms with Gasteiger partial charge in [0.05, 0.1) is 17.2 Å². The van der Waals surface area contributed by atoms with Crippen molar-refractivity contribution in [2.75, 3.05) is 6.61 Å². The molecule has 0 spiro atoms. The van der Waals surface area contributed by atoms with Gasteiger partial charge < -0.3 is 15.5 Å². The Hall–Kier alpha value is -0.570. The number of aliphatic carboxylic acids is 1. The van der Waals surface area contributed by atoms with Crippen molar-refractivity contribution in [3.8, 4) is 0 Å². The predicted molar refractivity (Wildman–Crippen MR) is 75.2 cm³/mol. The lowest BCUT2D eigenvalue weighted by Gasteiger charge is -2.13. The van der Waals surface area contributed by atoms with Crippen LogP contribution in [0, 0.1) is 3.57 Å². The third kappa shape index (κ3) is 3.71. The maximum atomic E-state index is 11.8. The minimum absolute atomic E-state index is 0.160. The van der Waals surface area contributed by atoms with Gasteiger partial charge in [0.25, 0.3) is 5.91 Å². The number of hydrogen-bond acceptors (Lipinski definition) is 3. The summed E-state index contributed by atoms with van der Waals surface area (Å²) in [6.45, 7) is -0.702. The largest absolute Gasteiger partial charge is 0.480 e. The molecule has 0 saturated carbocycles. The van der Waals surface area contributed by atoms with Gasteiger partial charge in [-0.2, -0.15) is 0 Å². The number of carboxylic acid groups (broad SMARTS) is 1. The molecule has 1 aromatic carbocycles. The normalized spacial score (nSPS) is 12.0. The second-order valence-corrected chi connectivity index (χ2v) is 5.22. The van der Waals surface area contributed by atoms with E-state index in [4.69, 9.17) is 33.4 Å². The Kier molecular flexibility index (Phi) is 5.64. The van der Waals surface area contributed by atoms with Crippen LogP contribution in [0.5, 0.6) is 0 Å². The van der Waals surface area contributed by atoms with Gasteiger partial charge in [-0.05, 0) is 34.7 Å². The first-order valence-corrected chi connectivity index (χ1v) is 6.49. The van der Waals surface area contributed by atoms with Crippen LogP contribution in [0.4, 0.5) is 0 Å². The number of nitrogens with one attached hydrogen (secondary N) is 1. The zero-order chi connectivity index (χ0) is 13.9. The van der Waals surface area contributed by atoms with Crippen LogP contribution in [0.25, 0.3) is 0 Å². The summed E-state index contributed by atoms with van der Waals surface area (Å²) in [7, 11) is 0. The first kappa shape index (κ1) is 15.5. The molecule has 0 aliphatic heterocycles. The Bertz CT molecular complexity index is 495. The van der Waals surface area contributed by atoms with E-state index in [1.165, 1.54) is 12.1 Å². The summed E-state index contributed by atoms with van der Waals surface area (Å²) in [6.07, 6.45) is 0. The summed E-state index contributed by atoms with van der Waals surface area (Å²) in [4.78, 5) is 22.5. The molecule has 0 fully saturated rings. The Morgan fingerprint density at radius 3 is 2.50 bits per heavy atom. The average Bonchev–Trinajstić information content (AvgIpc) is 2.29. The van der Waals surface area contributed by atoms with Crippen LogP contribution in [-0.2, 0) is 4.79 Å². The molecule has 1 unspecified atom stereocenters. The molecular weight excluding hydrogens is 396 g/mol. The topological polar surface area (TPSA) is 86.6 Å². The molecule has 1 atom stereocenters. The fraction of sp³-hybridized carbons (Fsp3) is 0.200. The lowest BCUT2D eigenvalue weighted by molar-refractivity contribution is -0.140. The molecule has 3 N–H and O–H groups in total. The fourth-order valence-electron chi connectivity index (χ4n) is 1.14. The van der Waals surface area contributed by atoms with E-state index in [0.717, 1.165) is 0 Å². The number of rotatable bonds is 4. The lowest BCUT2D eigenvalue weighted by Crippen LogP contribution is -2.43. The van der Waals surface area contributed by atoms with E-state index >= 15 is 0 Å². The number of hydrogen-bond donors (Lipinski definition) is 3. The Morgan fingerprint density at radius 2 is 2.00 bits per heavy atom. The zero-order valence-corrected chi connectivity index (χ0v) is 12.5. The van der Waals surface area contributed by atoms with E-state index in [0.29, 0.717) is 8.59 Å². The van der Waals surface area contributed by atoms with Crippen LogP contribution >= 0.6 is 45.8 Å². The maximum Gasteiger partial charge on any atom is 0.328 e. The molecule has 1 aromatic rings. The van der Waals surface area contributed by atoms with Crippen molar-refractivity contribution in [2.45, 2.75) is 6.04 Å². The van der Waals surface area contributed by atoms with E-state index in [2.05, 4.69) is 5.32 Å². The summed E-state index contributed by atoms with van der Waals surface area (Å²) >= 11 is 13.5. The van der Waals surface area contributed by atoms with E-state index in [1.807, 2.05) is 22.6 Å². The van der Waals surface area contributed by atoms with E-state index < -0.39 is 24.5 Å². The number of halogens is 3. The molecule has 1 rings (SSSR count). The van der Waals surface area contributed by atoms with Crippen LogP contribution in [0.2, 0.25) is 10.0 Å². The van der Waals surface area contributed by atoms with Gasteiger partial charge in [-0.25, -0.2) is 4.79 Å². The third-order valence-electron chi connectivity index (χ3n) is 2.02. The molecule has 8 heteroatoms. The molecule has 0 bridgehead atoms. The highest BCUT2D eigenvalue weighted by Gasteiger charge is 2.21. The van der Waals surface area contributed by atoms with Crippen molar-refractivity contribution in [2.24, 2.45) is 0 Å². The molecule has 18 heavy (non-hydrogen) atoms. The fourth-order valence-corrected chi connectivity index (χ4v) is 2.19. The standard InChI is InChI=1S/C10H8Cl2INO4/c11-4-1-5(8(13)6(12)2-4)9(16)14-7(3-15)10(17)18/h1-2,7,15H,3H2,(H,14,16)(H,17,18). The second-order valence-electron chi connectivity index (χ2n) is 3.30. The first-order chi connectivity index (χ1) is 8.36. The molecule has 0 saturated heterocycles. The molecule has 1 amide bonds. The summed E-state index contributed by atoms with van der Waals surface area (Å²) in [5.41, 5.74) is 0.160. The summed E-state index contributed by atoms with van der Waals surface area (Å²) in [6, 6.07) is 1.48. The molecule has 98 valence electrons. The van der Waals surface area contributed by atoms with Gasteiger partial charge in [-0.15, -0.1) is 0 Å². The van der Waals surface area contributed by atoms with Crippen LogP contribution < -0.4 is 5.32 Å². The quantitative estimate of drug-likeness (QED) is 0.528. The van der Waals surface area contributed by atoms with Gasteiger partial charge in [-0.3, -0.25) is 4.79 Å². The maximum absolute atomic E-state index is 11.8. The van der Waals surface area contributed by atoms with Crippen molar-refractivity contribution in [1.82, 2.24) is 5.32 Å². The molecule has 0 aromatic heterocycles. The van der Waals surface area contributed by atoms with Crippen molar-refractivity contribution >= 4 is 57.7 Å². The highest BCUT2D eigenvalue weighted by atomic mass is 127. The molecule has 0 aliphatic carbocycles. The Balaban J connectivity index is 3.01. The van der Waals surface area contributed by atoms with Crippen LogP contribution in [0.15, 0.2) is 12.1 Å². The van der Waals surface area contributed by atoms with Crippen LogP contribution in [0.3, 0.4) is 0 Å². The lowest BCUT2D eigenvalue weighted by atomic mass is 10.2. The number of benzene rings is 1. The number of carboxylic acids is 1. The predicted octanol–water partition coefficient (Wildman–Crippen LogP) is 1.77. The van der Waals surface area contributed by atoms with Crippen molar-refractivity contribution in [3.05, 3.63) is 31.3 Å². The van der Waals surface area contributed by atoms with Crippen LogP contribution in [0.1, 0.15) is 10.4 Å². The number of carbonyl (C=O) groups is 2. The first-order valence-electron chi connectivity index (χ1n) is 4.66. The number of aliphatic hydroxyl groups excluding tert-OH is 1. The van der Waals surface area contributed by atoms with Gasteiger partial charge in [0.1, 0.15) is 0 Å². The Labute approximate surface area is 126 Å². The van der Waals surface area contributed by atoms with Crippen molar-refractivity contribution in [3.63, 3.8) is 0 Å². The average molecular weight is 404 g/mol. The summed E-state index contributed by atoms with van der Waals surface area (Å²) in [5, 5.41) is 20.3. The van der Waals surface area contributed by atoms with Gasteiger partial charge in [0.15, 0.2) is 6.04 Å². The van der Waals surface area contributed by atoms with Crippen LogP contribution in [-0.4, -0.2) is 34.7 Å². The van der Waals surface area contributed by atoms with Crippen molar-refractivity contribution in [1.29, 1.82) is 0 Å². The minimum atomic E-state index is -1.37. The van der Waals surface area contributed by atoms with E-state index in [1.54, 1.807) is 0 Å². The Morgan fingerprint density at radius 1 is 1.39 bits per heavy atom. The molecule has 5 nitrogen and oxygen atoms in total. The zero-order valence-electron chi connectivity index (χ0n) is 8.78. The second kappa shape index (κ2) is 6.55. The molecular formula is C10H8Cl2INO4. The SMILES string of the molecule is O=C(NC(CO)C(=O)O)c1cc(Cl)cc(Cl)c1I. The smallest absolute Gasteiger partial charge is 0.328 e. The number of carbonyl (C=O) groups excluding carboxylic acids is 1. The summed E-state index contributed by atoms with van der Waals surface area (Å²) in [5.74, 6) is -1.99. The molecule has 0 radical (unpaired) electrons. The van der Waals surface area contributed by atoms with Crippen molar-refractivity contribution < 1.29 is 19.8 Å². The van der Waals surface area contributed by atoms with Gasteiger partial charge >= 0.3 is 5.97 Å². The number of amides is 1. The highest BCUT2D eigenvalue weighted by Crippen LogP contribution is 2.26. The van der Waals surface area contributed by atoms with Gasteiger partial charge in [0, 0.05) is 8.59 Å². The molecule has 0 aliphatic rings. The summed E-state index contributed by atoms with van der Waals surface area (Å²) < 4.78 is 0.457. The van der Waals surface area contributed by atoms with Gasteiger partial charge in [-0.1, -0.05) is 23.2 Å². The highest BCUT2D eigenvalue weighted by molar-refractivity contribution is 14.1.